The van der Waals surface area contributed by atoms with Gasteiger partial charge in [0, 0.05) is 12.1 Å². The van der Waals surface area contributed by atoms with Gasteiger partial charge in [-0.05, 0) is 47.7 Å². The lowest BCUT2D eigenvalue weighted by Gasteiger charge is -2.10. The van der Waals surface area contributed by atoms with Gasteiger partial charge in [0.25, 0.3) is 0 Å². The van der Waals surface area contributed by atoms with Crippen LogP contribution in [-0.4, -0.2) is 29.4 Å². The van der Waals surface area contributed by atoms with E-state index < -0.39 is 5.97 Å². The van der Waals surface area contributed by atoms with E-state index in [1.54, 1.807) is 24.3 Å². The lowest BCUT2D eigenvalue weighted by atomic mass is 10.0. The number of carbonyl (C=O) groups is 1. The van der Waals surface area contributed by atoms with Crippen molar-refractivity contribution < 1.29 is 19.0 Å². The van der Waals surface area contributed by atoms with E-state index in [0.29, 0.717) is 24.0 Å². The molecule has 0 aliphatic carbocycles. The SMILES string of the molecule is CCCCCCCCCCCCCCOc1ccc(-c2ccc(C(=O)Oc3ccc(OC[C@@H](C)CC)nn3)cc2)cc1. The number of hydrogen-bond acceptors (Lipinski definition) is 6. The molecule has 6 nitrogen and oxygen atoms in total. The second-order valence-electron chi connectivity index (χ2n) is 11.3. The largest absolute Gasteiger partial charge is 0.494 e. The predicted molar refractivity (Wildman–Crippen MR) is 170 cm³/mol. The molecule has 6 heteroatoms. The second-order valence-corrected chi connectivity index (χ2v) is 11.3. The zero-order chi connectivity index (χ0) is 29.8. The van der Waals surface area contributed by atoms with Crippen LogP contribution < -0.4 is 14.2 Å². The number of rotatable bonds is 21. The van der Waals surface area contributed by atoms with Crippen LogP contribution in [0.3, 0.4) is 0 Å². The zero-order valence-corrected chi connectivity index (χ0v) is 26.0. The molecule has 0 amide bonds. The molecule has 1 aromatic heterocycles. The van der Waals surface area contributed by atoms with Gasteiger partial charge in [-0.15, -0.1) is 10.2 Å². The highest BCUT2D eigenvalue weighted by atomic mass is 16.5. The number of benzene rings is 2. The average Bonchev–Trinajstić information content (AvgIpc) is 3.03. The molecule has 0 aliphatic heterocycles. The maximum Gasteiger partial charge on any atom is 0.344 e. The molecule has 0 fully saturated rings. The predicted octanol–water partition coefficient (Wildman–Crippen LogP) is 9.87. The highest BCUT2D eigenvalue weighted by molar-refractivity contribution is 5.91. The number of ether oxygens (including phenoxy) is 3. The molecule has 1 heterocycles. The highest BCUT2D eigenvalue weighted by Crippen LogP contribution is 2.24. The number of unbranched alkanes of at least 4 members (excludes halogenated alkanes) is 11. The van der Waals surface area contributed by atoms with Crippen molar-refractivity contribution in [2.24, 2.45) is 5.92 Å². The van der Waals surface area contributed by atoms with Gasteiger partial charge in [-0.1, -0.05) is 122 Å². The Labute approximate surface area is 253 Å². The molecule has 0 saturated heterocycles. The molecule has 228 valence electrons. The molecule has 1 atom stereocenters. The molecule has 0 saturated carbocycles. The van der Waals surface area contributed by atoms with Crippen LogP contribution in [0.15, 0.2) is 60.7 Å². The molecule has 3 rings (SSSR count). The van der Waals surface area contributed by atoms with Gasteiger partial charge in [-0.3, -0.25) is 0 Å². The fraction of sp³-hybridized carbons (Fsp3) is 0.528. The van der Waals surface area contributed by atoms with Crippen LogP contribution in [0.4, 0.5) is 0 Å². The standard InChI is InChI=1S/C36H50N2O4/c1-4-6-7-8-9-10-11-12-13-14-15-16-27-40-33-23-21-31(22-24-33)30-17-19-32(20-18-30)36(39)42-35-26-25-34(37-38-35)41-28-29(3)5-2/h17-26,29H,4-16,27-28H2,1-3H3/t29-/m0/s1. The van der Waals surface area contributed by atoms with Crippen LogP contribution in [-0.2, 0) is 0 Å². The van der Waals surface area contributed by atoms with E-state index in [-0.39, 0.29) is 5.88 Å². The number of aromatic nitrogens is 2. The summed E-state index contributed by atoms with van der Waals surface area (Å²) in [7, 11) is 0. The van der Waals surface area contributed by atoms with Gasteiger partial charge in [0.1, 0.15) is 5.75 Å². The van der Waals surface area contributed by atoms with E-state index in [2.05, 4.69) is 31.0 Å². The zero-order valence-electron chi connectivity index (χ0n) is 26.0. The molecule has 0 radical (unpaired) electrons. The second kappa shape index (κ2) is 19.7. The first kappa shape index (κ1) is 33.1. The topological polar surface area (TPSA) is 70.5 Å². The molecule has 42 heavy (non-hydrogen) atoms. The van der Waals surface area contributed by atoms with Crippen LogP contribution in [0.2, 0.25) is 0 Å². The summed E-state index contributed by atoms with van der Waals surface area (Å²) in [5.74, 6) is 1.40. The maximum atomic E-state index is 12.6. The Balaban J connectivity index is 1.32. The summed E-state index contributed by atoms with van der Waals surface area (Å²) in [5, 5.41) is 7.94. The number of esters is 1. The van der Waals surface area contributed by atoms with E-state index >= 15 is 0 Å². The van der Waals surface area contributed by atoms with Crippen molar-refractivity contribution >= 4 is 5.97 Å². The third-order valence-corrected chi connectivity index (χ3v) is 7.60. The first-order valence-electron chi connectivity index (χ1n) is 16.1. The molecule has 0 bridgehead atoms. The lowest BCUT2D eigenvalue weighted by Crippen LogP contribution is -2.11. The Kier molecular flexibility index (Phi) is 15.5. The fourth-order valence-electron chi connectivity index (χ4n) is 4.61. The summed E-state index contributed by atoms with van der Waals surface area (Å²) in [6.07, 6.45) is 17.1. The van der Waals surface area contributed by atoms with Gasteiger partial charge < -0.3 is 14.2 Å². The van der Waals surface area contributed by atoms with Crippen molar-refractivity contribution in [3.05, 3.63) is 66.2 Å². The minimum atomic E-state index is -0.481. The molecule has 3 aromatic rings. The summed E-state index contributed by atoms with van der Waals surface area (Å²) >= 11 is 0. The van der Waals surface area contributed by atoms with Gasteiger partial charge in [-0.2, -0.15) is 0 Å². The van der Waals surface area contributed by atoms with Crippen LogP contribution in [0, 0.1) is 5.92 Å². The van der Waals surface area contributed by atoms with Crippen LogP contribution >= 0.6 is 0 Å². The van der Waals surface area contributed by atoms with Crippen molar-refractivity contribution in [3.8, 4) is 28.6 Å². The quantitative estimate of drug-likeness (QED) is 0.0931. The fourth-order valence-corrected chi connectivity index (χ4v) is 4.61. The molecular weight excluding hydrogens is 524 g/mol. The maximum absolute atomic E-state index is 12.6. The number of hydrogen-bond donors (Lipinski definition) is 0. The Bertz CT molecular complexity index is 1130. The summed E-state index contributed by atoms with van der Waals surface area (Å²) in [6, 6.07) is 18.7. The molecule has 0 N–H and O–H groups in total. The Morgan fingerprint density at radius 2 is 1.17 bits per heavy atom. The third-order valence-electron chi connectivity index (χ3n) is 7.60. The molecule has 0 aliphatic rings. The summed E-state index contributed by atoms with van der Waals surface area (Å²) in [6.45, 7) is 7.83. The summed E-state index contributed by atoms with van der Waals surface area (Å²) in [5.41, 5.74) is 2.52. The third kappa shape index (κ3) is 12.6. The van der Waals surface area contributed by atoms with Gasteiger partial charge in [0.2, 0.25) is 11.8 Å². The Morgan fingerprint density at radius 3 is 1.71 bits per heavy atom. The van der Waals surface area contributed by atoms with Crippen LogP contribution in [0.25, 0.3) is 11.1 Å². The number of nitrogens with zero attached hydrogens (tertiary/aromatic N) is 2. The number of carbonyl (C=O) groups excluding carboxylic acids is 1. The molecule has 0 spiro atoms. The molecule has 0 unspecified atom stereocenters. The molecule has 2 aromatic carbocycles. The monoisotopic (exact) mass is 574 g/mol. The highest BCUT2D eigenvalue weighted by Gasteiger charge is 2.11. The van der Waals surface area contributed by atoms with E-state index in [9.17, 15) is 4.79 Å². The van der Waals surface area contributed by atoms with Crippen molar-refractivity contribution in [3.63, 3.8) is 0 Å². The van der Waals surface area contributed by atoms with E-state index in [0.717, 1.165) is 36.3 Å². The Hall–Kier alpha value is -3.41. The average molecular weight is 575 g/mol. The minimum absolute atomic E-state index is 0.138. The first-order valence-corrected chi connectivity index (χ1v) is 16.1. The van der Waals surface area contributed by atoms with Gasteiger partial charge in [0.15, 0.2) is 0 Å². The van der Waals surface area contributed by atoms with Crippen LogP contribution in [0.1, 0.15) is 115 Å². The lowest BCUT2D eigenvalue weighted by molar-refractivity contribution is 0.0725. The van der Waals surface area contributed by atoms with E-state index in [4.69, 9.17) is 14.2 Å². The summed E-state index contributed by atoms with van der Waals surface area (Å²) in [4.78, 5) is 12.6. The van der Waals surface area contributed by atoms with Crippen molar-refractivity contribution in [2.75, 3.05) is 13.2 Å². The van der Waals surface area contributed by atoms with Gasteiger partial charge >= 0.3 is 5.97 Å². The smallest absolute Gasteiger partial charge is 0.344 e. The van der Waals surface area contributed by atoms with Crippen molar-refractivity contribution in [2.45, 2.75) is 104 Å². The normalized spacial score (nSPS) is 11.7. The van der Waals surface area contributed by atoms with Gasteiger partial charge in [-0.25, -0.2) is 4.79 Å². The van der Waals surface area contributed by atoms with Crippen LogP contribution in [0.5, 0.6) is 17.5 Å². The van der Waals surface area contributed by atoms with E-state index in [1.807, 2.05) is 36.4 Å². The van der Waals surface area contributed by atoms with E-state index in [1.165, 1.54) is 70.6 Å². The molecular formula is C36H50N2O4. The summed E-state index contributed by atoms with van der Waals surface area (Å²) < 4.78 is 16.9. The van der Waals surface area contributed by atoms with Gasteiger partial charge in [0.05, 0.1) is 18.8 Å². The van der Waals surface area contributed by atoms with Crippen molar-refractivity contribution in [1.29, 1.82) is 0 Å². The Morgan fingerprint density at radius 1 is 0.643 bits per heavy atom. The first-order chi connectivity index (χ1) is 20.6. The van der Waals surface area contributed by atoms with Crippen molar-refractivity contribution in [1.82, 2.24) is 10.2 Å². The minimum Gasteiger partial charge on any atom is -0.494 e.